The van der Waals surface area contributed by atoms with Gasteiger partial charge in [-0.05, 0) is 24.1 Å². The van der Waals surface area contributed by atoms with Crippen molar-refractivity contribution in [1.29, 1.82) is 0 Å². The monoisotopic (exact) mass is 376 g/mol. The minimum absolute atomic E-state index is 0. The summed E-state index contributed by atoms with van der Waals surface area (Å²) in [7, 11) is 0. The average Bonchev–Trinajstić information content (AvgIpc) is 2.37. The van der Waals surface area contributed by atoms with E-state index < -0.39 is 0 Å². The molecule has 0 radical (unpaired) electrons. The first-order valence-electron chi connectivity index (χ1n) is 6.06. The molecule has 5 nitrogen and oxygen atoms in total. The summed E-state index contributed by atoms with van der Waals surface area (Å²) in [4.78, 5) is 15.6. The third kappa shape index (κ3) is 7.00. The number of nitrogens with two attached hydrogens (primary N) is 2. The predicted octanol–water partition coefficient (Wildman–Crippen LogP) is 1.61. The number of hydrogen-bond acceptors (Lipinski definition) is 2. The molecule has 6 heteroatoms. The molecule has 1 amide bonds. The van der Waals surface area contributed by atoms with Crippen LogP contribution < -0.4 is 16.8 Å². The summed E-state index contributed by atoms with van der Waals surface area (Å²) in [6, 6.07) is 7.25. The Bertz CT molecular complexity index is 413. The van der Waals surface area contributed by atoms with Crippen molar-refractivity contribution in [3.05, 3.63) is 35.4 Å². The lowest BCUT2D eigenvalue weighted by molar-refractivity contribution is 0.0953. The van der Waals surface area contributed by atoms with E-state index in [1.807, 2.05) is 12.1 Å². The molecule has 0 aromatic heterocycles. The quantitative estimate of drug-likeness (QED) is 0.305. The van der Waals surface area contributed by atoms with E-state index >= 15 is 0 Å². The molecule has 1 aromatic rings. The molecule has 0 spiro atoms. The van der Waals surface area contributed by atoms with Crippen LogP contribution in [0.1, 0.15) is 35.7 Å². The number of hydrogen-bond donors (Lipinski definition) is 3. The van der Waals surface area contributed by atoms with Gasteiger partial charge in [-0.3, -0.25) is 4.79 Å². The summed E-state index contributed by atoms with van der Waals surface area (Å²) in [6.07, 6.45) is 2.06. The van der Waals surface area contributed by atoms with Crippen LogP contribution in [0.25, 0.3) is 0 Å². The van der Waals surface area contributed by atoms with Crippen LogP contribution in [-0.4, -0.2) is 18.4 Å². The molecule has 1 rings (SSSR count). The van der Waals surface area contributed by atoms with Gasteiger partial charge in [0.15, 0.2) is 5.96 Å². The van der Waals surface area contributed by atoms with E-state index in [2.05, 4.69) is 17.2 Å². The van der Waals surface area contributed by atoms with Crippen LogP contribution in [0, 0.1) is 0 Å². The van der Waals surface area contributed by atoms with Gasteiger partial charge in [0.2, 0.25) is 0 Å². The van der Waals surface area contributed by atoms with Crippen molar-refractivity contribution >= 4 is 35.8 Å². The van der Waals surface area contributed by atoms with Crippen molar-refractivity contribution in [2.75, 3.05) is 6.54 Å². The fourth-order valence-electron chi connectivity index (χ4n) is 1.42. The molecule has 0 heterocycles. The SMILES string of the molecule is CCCCNC(=O)c1ccc(CN=C(N)N)cc1.I. The van der Waals surface area contributed by atoms with Gasteiger partial charge in [0.25, 0.3) is 5.91 Å². The number of benzene rings is 1. The molecular weight excluding hydrogens is 355 g/mol. The van der Waals surface area contributed by atoms with E-state index in [0.29, 0.717) is 18.7 Å². The first-order chi connectivity index (χ1) is 8.63. The molecule has 0 unspecified atom stereocenters. The van der Waals surface area contributed by atoms with Crippen molar-refractivity contribution in [3.8, 4) is 0 Å². The van der Waals surface area contributed by atoms with E-state index in [0.717, 1.165) is 18.4 Å². The highest BCUT2D eigenvalue weighted by Crippen LogP contribution is 2.05. The van der Waals surface area contributed by atoms with Gasteiger partial charge in [0.05, 0.1) is 6.54 Å². The molecule has 106 valence electrons. The zero-order valence-corrected chi connectivity index (χ0v) is 13.4. The number of rotatable bonds is 6. The maximum atomic E-state index is 11.7. The van der Waals surface area contributed by atoms with Crippen molar-refractivity contribution in [2.24, 2.45) is 16.5 Å². The third-order valence-electron chi connectivity index (χ3n) is 2.48. The Hall–Kier alpha value is -1.31. The molecule has 0 bridgehead atoms. The van der Waals surface area contributed by atoms with Gasteiger partial charge in [-0.25, -0.2) is 4.99 Å². The summed E-state index contributed by atoms with van der Waals surface area (Å²) >= 11 is 0. The molecule has 5 N–H and O–H groups in total. The van der Waals surface area contributed by atoms with E-state index in [1.54, 1.807) is 12.1 Å². The first-order valence-corrected chi connectivity index (χ1v) is 6.06. The number of amides is 1. The summed E-state index contributed by atoms with van der Waals surface area (Å²) in [5.74, 6) is 0.0215. The minimum atomic E-state index is -0.0446. The Morgan fingerprint density at radius 2 is 1.89 bits per heavy atom. The van der Waals surface area contributed by atoms with Gasteiger partial charge in [0.1, 0.15) is 0 Å². The Kier molecular flexibility index (Phi) is 8.94. The zero-order valence-electron chi connectivity index (χ0n) is 11.1. The normalized spacial score (nSPS) is 9.32. The Morgan fingerprint density at radius 3 is 2.42 bits per heavy atom. The number of nitrogens with zero attached hydrogens (tertiary/aromatic N) is 1. The fourth-order valence-corrected chi connectivity index (χ4v) is 1.42. The molecular formula is C13H21IN4O. The number of nitrogens with one attached hydrogen (secondary N) is 1. The molecule has 0 aliphatic rings. The predicted molar refractivity (Wildman–Crippen MR) is 88.6 cm³/mol. The van der Waals surface area contributed by atoms with Crippen LogP contribution in [-0.2, 0) is 6.54 Å². The van der Waals surface area contributed by atoms with Crippen LogP contribution >= 0.6 is 24.0 Å². The van der Waals surface area contributed by atoms with E-state index in [9.17, 15) is 4.79 Å². The second-order valence-electron chi connectivity index (χ2n) is 4.05. The highest BCUT2D eigenvalue weighted by Gasteiger charge is 2.03. The lowest BCUT2D eigenvalue weighted by atomic mass is 10.1. The van der Waals surface area contributed by atoms with Crippen LogP contribution in [0.4, 0.5) is 0 Å². The molecule has 0 atom stereocenters. The van der Waals surface area contributed by atoms with Crippen LogP contribution in [0.15, 0.2) is 29.3 Å². The average molecular weight is 376 g/mol. The van der Waals surface area contributed by atoms with Gasteiger partial charge in [-0.15, -0.1) is 24.0 Å². The highest BCUT2D eigenvalue weighted by atomic mass is 127. The van der Waals surface area contributed by atoms with E-state index in [-0.39, 0.29) is 35.8 Å². The zero-order chi connectivity index (χ0) is 13.4. The number of halogens is 1. The standard InChI is InChI=1S/C13H20N4O.HI/c1-2-3-8-16-12(18)11-6-4-10(5-7-11)9-17-13(14)15;/h4-7H,2-3,8-9H2,1H3,(H,16,18)(H4,14,15,17);1H. The topological polar surface area (TPSA) is 93.5 Å². The summed E-state index contributed by atoms with van der Waals surface area (Å²) in [5, 5.41) is 2.86. The van der Waals surface area contributed by atoms with Gasteiger partial charge < -0.3 is 16.8 Å². The maximum absolute atomic E-state index is 11.7. The van der Waals surface area contributed by atoms with Crippen molar-refractivity contribution < 1.29 is 4.79 Å². The van der Waals surface area contributed by atoms with Gasteiger partial charge in [-0.1, -0.05) is 25.5 Å². The second kappa shape index (κ2) is 9.60. The molecule has 0 aliphatic heterocycles. The molecule has 0 aliphatic carbocycles. The number of carbonyl (C=O) groups is 1. The van der Waals surface area contributed by atoms with Crippen LogP contribution in [0.3, 0.4) is 0 Å². The number of guanidine groups is 1. The molecule has 0 fully saturated rings. The smallest absolute Gasteiger partial charge is 0.251 e. The number of carbonyl (C=O) groups excluding carboxylic acids is 1. The van der Waals surface area contributed by atoms with Crippen molar-refractivity contribution in [2.45, 2.75) is 26.3 Å². The largest absolute Gasteiger partial charge is 0.370 e. The first kappa shape index (κ1) is 17.7. The lowest BCUT2D eigenvalue weighted by Gasteiger charge is -2.05. The van der Waals surface area contributed by atoms with Crippen molar-refractivity contribution in [1.82, 2.24) is 5.32 Å². The Labute approximate surface area is 130 Å². The van der Waals surface area contributed by atoms with E-state index in [1.165, 1.54) is 0 Å². The van der Waals surface area contributed by atoms with Crippen LogP contribution in [0.2, 0.25) is 0 Å². The third-order valence-corrected chi connectivity index (χ3v) is 2.48. The molecule has 0 saturated carbocycles. The fraction of sp³-hybridized carbons (Fsp3) is 0.385. The maximum Gasteiger partial charge on any atom is 0.251 e. The summed E-state index contributed by atoms with van der Waals surface area (Å²) in [5.41, 5.74) is 12.1. The lowest BCUT2D eigenvalue weighted by Crippen LogP contribution is -2.24. The molecule has 19 heavy (non-hydrogen) atoms. The summed E-state index contributed by atoms with van der Waals surface area (Å²) in [6.45, 7) is 3.23. The van der Waals surface area contributed by atoms with Crippen molar-refractivity contribution in [3.63, 3.8) is 0 Å². The summed E-state index contributed by atoms with van der Waals surface area (Å²) < 4.78 is 0. The highest BCUT2D eigenvalue weighted by molar-refractivity contribution is 14.0. The Balaban J connectivity index is 0.00000324. The second-order valence-corrected chi connectivity index (χ2v) is 4.05. The van der Waals surface area contributed by atoms with Crippen LogP contribution in [0.5, 0.6) is 0 Å². The minimum Gasteiger partial charge on any atom is -0.370 e. The molecule has 1 aromatic carbocycles. The van der Waals surface area contributed by atoms with Gasteiger partial charge in [-0.2, -0.15) is 0 Å². The van der Waals surface area contributed by atoms with E-state index in [4.69, 9.17) is 11.5 Å². The molecule has 0 saturated heterocycles. The van der Waals surface area contributed by atoms with Gasteiger partial charge >= 0.3 is 0 Å². The van der Waals surface area contributed by atoms with Gasteiger partial charge in [0, 0.05) is 12.1 Å². The number of unbranched alkanes of at least 4 members (excludes halogenated alkanes) is 1. The Morgan fingerprint density at radius 1 is 1.26 bits per heavy atom. The number of aliphatic imine (C=N–C) groups is 1.